The minimum Gasteiger partial charge on any atom is -0.508 e. The minimum atomic E-state index is 0.299. The second-order valence-corrected chi connectivity index (χ2v) is 6.14. The van der Waals surface area contributed by atoms with Gasteiger partial charge in [0.15, 0.2) is 0 Å². The van der Waals surface area contributed by atoms with E-state index in [0.29, 0.717) is 24.0 Å². The molecule has 126 valence electrons. The third-order valence-electron chi connectivity index (χ3n) is 4.39. The van der Waals surface area contributed by atoms with Crippen molar-refractivity contribution in [3.63, 3.8) is 0 Å². The summed E-state index contributed by atoms with van der Waals surface area (Å²) in [5.74, 6) is 1.57. The van der Waals surface area contributed by atoms with E-state index in [-0.39, 0.29) is 0 Å². The van der Waals surface area contributed by atoms with Crippen LogP contribution in [-0.4, -0.2) is 33.2 Å². The highest BCUT2D eigenvalue weighted by Gasteiger charge is 2.16. The molecule has 0 amide bonds. The Hall–Kier alpha value is -2.92. The van der Waals surface area contributed by atoms with E-state index in [1.807, 2.05) is 42.5 Å². The molecule has 0 saturated carbocycles. The summed E-state index contributed by atoms with van der Waals surface area (Å²) in [6.45, 7) is 2.44. The number of phenols is 1. The lowest BCUT2D eigenvalue weighted by atomic mass is 9.99. The Morgan fingerprint density at radius 3 is 2.52 bits per heavy atom. The fourth-order valence-corrected chi connectivity index (χ4v) is 3.01. The molecular weight excluding hydrogens is 314 g/mol. The third-order valence-corrected chi connectivity index (χ3v) is 4.39. The van der Waals surface area contributed by atoms with Crippen LogP contribution in [0.15, 0.2) is 65.2 Å². The van der Waals surface area contributed by atoms with E-state index < -0.39 is 0 Å². The zero-order chi connectivity index (χ0) is 17.1. The van der Waals surface area contributed by atoms with E-state index in [1.54, 1.807) is 12.1 Å². The Bertz CT molecular complexity index is 869. The predicted molar refractivity (Wildman–Crippen MR) is 95.7 cm³/mol. The number of aromatic hydroxyl groups is 1. The molecule has 4 rings (SSSR count). The van der Waals surface area contributed by atoms with Crippen LogP contribution in [0.4, 0.5) is 0 Å². The standard InChI is InChI=1S/C20H19N3O2/c24-18-8-6-15(7-9-18)16-10-12-23(13-11-16)14-19-21-20(22-25-19)17-4-2-1-3-5-17/h1-10,24H,11-14H2. The van der Waals surface area contributed by atoms with Crippen LogP contribution in [0.1, 0.15) is 17.9 Å². The molecule has 1 aliphatic heterocycles. The topological polar surface area (TPSA) is 62.4 Å². The van der Waals surface area contributed by atoms with Crippen molar-refractivity contribution in [1.29, 1.82) is 0 Å². The second-order valence-electron chi connectivity index (χ2n) is 6.14. The maximum Gasteiger partial charge on any atom is 0.241 e. The van der Waals surface area contributed by atoms with Gasteiger partial charge in [-0.25, -0.2) is 0 Å². The molecule has 1 aliphatic rings. The first kappa shape index (κ1) is 15.6. The molecule has 0 aliphatic carbocycles. The molecule has 0 fully saturated rings. The van der Waals surface area contributed by atoms with E-state index in [1.165, 1.54) is 11.1 Å². The minimum absolute atomic E-state index is 0.299. The summed E-state index contributed by atoms with van der Waals surface area (Å²) >= 11 is 0. The fraction of sp³-hybridized carbons (Fsp3) is 0.200. The van der Waals surface area contributed by atoms with Crippen LogP contribution in [0.3, 0.4) is 0 Å². The molecule has 0 saturated heterocycles. The maximum absolute atomic E-state index is 9.39. The van der Waals surface area contributed by atoms with Gasteiger partial charge in [0.05, 0.1) is 6.54 Å². The molecule has 25 heavy (non-hydrogen) atoms. The third kappa shape index (κ3) is 3.61. The number of hydrogen-bond donors (Lipinski definition) is 1. The van der Waals surface area contributed by atoms with E-state index in [0.717, 1.165) is 25.1 Å². The Morgan fingerprint density at radius 1 is 1.00 bits per heavy atom. The quantitative estimate of drug-likeness (QED) is 0.788. The van der Waals surface area contributed by atoms with Crippen LogP contribution < -0.4 is 0 Å². The van der Waals surface area contributed by atoms with Gasteiger partial charge in [0, 0.05) is 18.7 Å². The lowest BCUT2D eigenvalue weighted by Gasteiger charge is -2.25. The summed E-state index contributed by atoms with van der Waals surface area (Å²) in [6, 6.07) is 17.2. The molecular formula is C20H19N3O2. The van der Waals surface area contributed by atoms with E-state index in [9.17, 15) is 5.11 Å². The van der Waals surface area contributed by atoms with E-state index >= 15 is 0 Å². The highest BCUT2D eigenvalue weighted by Crippen LogP contribution is 2.25. The van der Waals surface area contributed by atoms with Crippen LogP contribution in [0, 0.1) is 0 Å². The van der Waals surface area contributed by atoms with Gasteiger partial charge in [-0.05, 0) is 29.7 Å². The lowest BCUT2D eigenvalue weighted by Crippen LogP contribution is -2.28. The summed E-state index contributed by atoms with van der Waals surface area (Å²) in [5, 5.41) is 13.5. The smallest absolute Gasteiger partial charge is 0.241 e. The van der Waals surface area contributed by atoms with Crippen molar-refractivity contribution in [3.8, 4) is 17.1 Å². The summed E-state index contributed by atoms with van der Waals surface area (Å²) in [5.41, 5.74) is 3.44. The van der Waals surface area contributed by atoms with Gasteiger partial charge in [0.2, 0.25) is 11.7 Å². The molecule has 0 spiro atoms. The SMILES string of the molecule is Oc1ccc(C2=CCN(Cc3nc(-c4ccccc4)no3)CC2)cc1. The highest BCUT2D eigenvalue weighted by molar-refractivity contribution is 5.67. The van der Waals surface area contributed by atoms with Crippen molar-refractivity contribution in [2.45, 2.75) is 13.0 Å². The first-order chi connectivity index (χ1) is 12.3. The van der Waals surface area contributed by atoms with Crippen molar-refractivity contribution in [1.82, 2.24) is 15.0 Å². The largest absolute Gasteiger partial charge is 0.508 e. The van der Waals surface area contributed by atoms with Gasteiger partial charge in [-0.1, -0.05) is 53.7 Å². The Kier molecular flexibility index (Phi) is 4.31. The van der Waals surface area contributed by atoms with E-state index in [2.05, 4.69) is 21.1 Å². The van der Waals surface area contributed by atoms with Crippen LogP contribution >= 0.6 is 0 Å². The van der Waals surface area contributed by atoms with Crippen molar-refractivity contribution < 1.29 is 9.63 Å². The zero-order valence-electron chi connectivity index (χ0n) is 13.8. The predicted octanol–water partition coefficient (Wildman–Crippen LogP) is 3.73. The summed E-state index contributed by atoms with van der Waals surface area (Å²) in [7, 11) is 0. The monoisotopic (exact) mass is 333 g/mol. The molecule has 1 aromatic heterocycles. The lowest BCUT2D eigenvalue weighted by molar-refractivity contribution is 0.245. The van der Waals surface area contributed by atoms with Crippen molar-refractivity contribution >= 4 is 5.57 Å². The van der Waals surface area contributed by atoms with Gasteiger partial charge in [0.25, 0.3) is 0 Å². The van der Waals surface area contributed by atoms with Crippen LogP contribution in [0.2, 0.25) is 0 Å². The molecule has 5 heteroatoms. The van der Waals surface area contributed by atoms with Crippen LogP contribution in [-0.2, 0) is 6.54 Å². The Balaban J connectivity index is 1.40. The van der Waals surface area contributed by atoms with Gasteiger partial charge in [-0.15, -0.1) is 0 Å². The number of phenolic OH excluding ortho intramolecular Hbond substituents is 1. The maximum atomic E-state index is 9.39. The average Bonchev–Trinajstić information content (AvgIpc) is 3.12. The zero-order valence-corrected chi connectivity index (χ0v) is 13.8. The first-order valence-electron chi connectivity index (χ1n) is 8.37. The molecule has 5 nitrogen and oxygen atoms in total. The molecule has 0 atom stereocenters. The summed E-state index contributed by atoms with van der Waals surface area (Å²) in [4.78, 5) is 6.78. The number of benzene rings is 2. The van der Waals surface area contributed by atoms with Gasteiger partial charge >= 0.3 is 0 Å². The van der Waals surface area contributed by atoms with Gasteiger partial charge in [0.1, 0.15) is 5.75 Å². The summed E-state index contributed by atoms with van der Waals surface area (Å²) < 4.78 is 5.40. The van der Waals surface area contributed by atoms with Crippen molar-refractivity contribution in [3.05, 3.63) is 72.1 Å². The normalized spacial score (nSPS) is 15.1. The molecule has 1 N–H and O–H groups in total. The average molecular weight is 333 g/mol. The van der Waals surface area contributed by atoms with Crippen molar-refractivity contribution in [2.24, 2.45) is 0 Å². The molecule has 0 unspecified atom stereocenters. The Labute approximate surface area is 146 Å². The number of hydrogen-bond acceptors (Lipinski definition) is 5. The van der Waals surface area contributed by atoms with E-state index in [4.69, 9.17) is 4.52 Å². The second kappa shape index (κ2) is 6.91. The summed E-state index contributed by atoms with van der Waals surface area (Å²) in [6.07, 6.45) is 3.19. The fourth-order valence-electron chi connectivity index (χ4n) is 3.01. The molecule has 2 aromatic carbocycles. The first-order valence-corrected chi connectivity index (χ1v) is 8.37. The highest BCUT2D eigenvalue weighted by atomic mass is 16.5. The van der Waals surface area contributed by atoms with Crippen LogP contribution in [0.5, 0.6) is 5.75 Å². The number of aromatic nitrogens is 2. The molecule has 0 bridgehead atoms. The molecule has 2 heterocycles. The van der Waals surface area contributed by atoms with Gasteiger partial charge in [-0.2, -0.15) is 4.98 Å². The van der Waals surface area contributed by atoms with Gasteiger partial charge < -0.3 is 9.63 Å². The van der Waals surface area contributed by atoms with Crippen LogP contribution in [0.25, 0.3) is 17.0 Å². The van der Waals surface area contributed by atoms with Crippen molar-refractivity contribution in [2.75, 3.05) is 13.1 Å². The molecule has 3 aromatic rings. The molecule has 0 radical (unpaired) electrons. The Morgan fingerprint density at radius 2 is 1.80 bits per heavy atom. The number of rotatable bonds is 4. The number of nitrogens with zero attached hydrogens (tertiary/aromatic N) is 3. The van der Waals surface area contributed by atoms with Gasteiger partial charge in [-0.3, -0.25) is 4.90 Å².